The summed E-state index contributed by atoms with van der Waals surface area (Å²) in [7, 11) is 0. The number of nitrogens with zero attached hydrogens (tertiary/aromatic N) is 3. The second-order valence-electron chi connectivity index (χ2n) is 10.4. The van der Waals surface area contributed by atoms with Gasteiger partial charge in [-0.25, -0.2) is 9.18 Å². The maximum absolute atomic E-state index is 14.2. The highest BCUT2D eigenvalue weighted by Gasteiger charge is 2.52. The van der Waals surface area contributed by atoms with Crippen LogP contribution in [0.1, 0.15) is 58.4 Å². The molecule has 4 rings (SSSR count). The van der Waals surface area contributed by atoms with E-state index in [4.69, 9.17) is 4.74 Å². The van der Waals surface area contributed by atoms with Crippen molar-refractivity contribution in [2.45, 2.75) is 77.1 Å². The Balaban J connectivity index is 1.52. The fraction of sp³-hybridized carbons (Fsp3) is 0.500. The molecule has 0 aliphatic carbocycles. The van der Waals surface area contributed by atoms with Crippen molar-refractivity contribution in [3.05, 3.63) is 72.6 Å². The molecule has 0 unspecified atom stereocenters. The van der Waals surface area contributed by atoms with Crippen LogP contribution in [0.25, 0.3) is 0 Å². The zero-order valence-electron chi connectivity index (χ0n) is 22.0. The van der Waals surface area contributed by atoms with Crippen LogP contribution in [0, 0.1) is 5.82 Å². The Morgan fingerprint density at radius 2 is 2.06 bits per heavy atom. The molecule has 2 aromatic rings. The molecule has 2 aromatic carbocycles. The van der Waals surface area contributed by atoms with Crippen LogP contribution in [0.15, 0.2) is 61.2 Å². The molecule has 2 fully saturated rings. The van der Waals surface area contributed by atoms with Crippen LogP contribution in [0.4, 0.5) is 14.9 Å². The lowest BCUT2D eigenvalue weighted by Gasteiger charge is -2.47. The summed E-state index contributed by atoms with van der Waals surface area (Å²) in [6, 6.07) is 15.1. The van der Waals surface area contributed by atoms with E-state index in [2.05, 4.69) is 50.4 Å². The molecule has 2 amide bonds. The molecule has 0 saturated carbocycles. The second kappa shape index (κ2) is 11.5. The number of allylic oxidation sites excluding steroid dienone is 1. The smallest absolute Gasteiger partial charge is 0.325 e. The van der Waals surface area contributed by atoms with Crippen LogP contribution < -0.4 is 9.64 Å². The molecular formula is C30H40FN3O2. The molecule has 3 atom stereocenters. The van der Waals surface area contributed by atoms with Gasteiger partial charge in [0.25, 0.3) is 0 Å². The van der Waals surface area contributed by atoms with Gasteiger partial charge >= 0.3 is 6.03 Å². The van der Waals surface area contributed by atoms with Gasteiger partial charge in [0.1, 0.15) is 11.6 Å². The molecule has 0 aromatic heterocycles. The molecule has 2 aliphatic heterocycles. The van der Waals surface area contributed by atoms with Crippen LogP contribution in [0.3, 0.4) is 0 Å². The van der Waals surface area contributed by atoms with Gasteiger partial charge in [-0.3, -0.25) is 9.80 Å². The summed E-state index contributed by atoms with van der Waals surface area (Å²) < 4.78 is 20.2. The first-order valence-electron chi connectivity index (χ1n) is 13.3. The van der Waals surface area contributed by atoms with E-state index in [9.17, 15) is 9.18 Å². The van der Waals surface area contributed by atoms with E-state index >= 15 is 0 Å². The molecule has 0 N–H and O–H groups in total. The van der Waals surface area contributed by atoms with Gasteiger partial charge in [-0.2, -0.15) is 0 Å². The first-order valence-corrected chi connectivity index (χ1v) is 13.3. The van der Waals surface area contributed by atoms with Gasteiger partial charge in [-0.1, -0.05) is 31.2 Å². The van der Waals surface area contributed by atoms with Crippen LogP contribution in [-0.2, 0) is 6.54 Å². The maximum Gasteiger partial charge on any atom is 0.325 e. The molecule has 2 saturated heterocycles. The lowest BCUT2D eigenvalue weighted by Crippen LogP contribution is -2.57. The molecule has 194 valence electrons. The van der Waals surface area contributed by atoms with Gasteiger partial charge in [0.2, 0.25) is 0 Å². The normalized spacial score (nSPS) is 23.3. The molecule has 0 radical (unpaired) electrons. The van der Waals surface area contributed by atoms with Crippen molar-refractivity contribution >= 4 is 11.7 Å². The number of hydrogen-bond acceptors (Lipinski definition) is 3. The van der Waals surface area contributed by atoms with E-state index in [-0.39, 0.29) is 29.5 Å². The number of anilines is 1. The zero-order valence-corrected chi connectivity index (χ0v) is 22.0. The first-order chi connectivity index (χ1) is 17.3. The Labute approximate surface area is 215 Å². The SMILES string of the molecule is C=CCCCN1C[C@]2(CCN(Cc3cccc(O[C@H](C)CC)c3)[C@@H](C)C2)N(c2cccc(F)c2)C1=O. The van der Waals surface area contributed by atoms with E-state index in [1.807, 2.05) is 28.0 Å². The number of benzene rings is 2. The fourth-order valence-electron chi connectivity index (χ4n) is 5.64. The summed E-state index contributed by atoms with van der Waals surface area (Å²) in [4.78, 5) is 19.9. The quantitative estimate of drug-likeness (QED) is 0.275. The van der Waals surface area contributed by atoms with Crippen LogP contribution >= 0.6 is 0 Å². The van der Waals surface area contributed by atoms with Gasteiger partial charge in [0.05, 0.1) is 11.6 Å². The van der Waals surface area contributed by atoms with E-state index in [0.717, 1.165) is 50.9 Å². The third kappa shape index (κ3) is 5.75. The predicted molar refractivity (Wildman–Crippen MR) is 144 cm³/mol. The number of halogens is 1. The highest BCUT2D eigenvalue weighted by Crippen LogP contribution is 2.42. The Morgan fingerprint density at radius 3 is 2.78 bits per heavy atom. The van der Waals surface area contributed by atoms with Gasteiger partial charge in [-0.05, 0) is 81.8 Å². The van der Waals surface area contributed by atoms with Gasteiger partial charge in [-0.15, -0.1) is 6.58 Å². The van der Waals surface area contributed by atoms with Crippen LogP contribution in [0.5, 0.6) is 5.75 Å². The van der Waals surface area contributed by atoms with Crippen molar-refractivity contribution in [3.8, 4) is 5.75 Å². The Hall–Kier alpha value is -2.86. The Bertz CT molecular complexity index is 1060. The fourth-order valence-corrected chi connectivity index (χ4v) is 5.64. The number of carbonyl (C=O) groups excluding carboxylic acids is 1. The standard InChI is InChI=1S/C30H40FN3O2/c1-5-7-8-16-33-22-30(34(29(33)35)27-13-10-12-26(31)19-27)15-17-32(23(3)20-30)21-25-11-9-14-28(18-25)36-24(4)6-2/h5,9-14,18-19,23-24H,1,6-8,15-17,20-22H2,2-4H3/t23-,24+,30+/m0/s1. The Morgan fingerprint density at radius 1 is 1.25 bits per heavy atom. The minimum absolute atomic E-state index is 0.0137. The minimum atomic E-state index is -0.337. The van der Waals surface area contributed by atoms with E-state index in [1.165, 1.54) is 17.7 Å². The number of ether oxygens (including phenoxy) is 1. The minimum Gasteiger partial charge on any atom is -0.491 e. The molecule has 0 bridgehead atoms. The number of amides is 2. The van der Waals surface area contributed by atoms with Crippen LogP contribution in [0.2, 0.25) is 0 Å². The molecular weight excluding hydrogens is 453 g/mol. The number of urea groups is 1. The van der Waals surface area contributed by atoms with Gasteiger partial charge in [0, 0.05) is 37.9 Å². The first kappa shape index (κ1) is 26.2. The van der Waals surface area contributed by atoms with Gasteiger partial charge < -0.3 is 9.64 Å². The summed E-state index contributed by atoms with van der Waals surface area (Å²) >= 11 is 0. The number of piperidine rings is 1. The topological polar surface area (TPSA) is 36.0 Å². The highest BCUT2D eigenvalue weighted by molar-refractivity contribution is 5.96. The number of carbonyl (C=O) groups is 1. The Kier molecular flexibility index (Phi) is 8.35. The number of hydrogen-bond donors (Lipinski definition) is 0. The lowest BCUT2D eigenvalue weighted by atomic mass is 9.82. The number of likely N-dealkylation sites (tertiary alicyclic amines) is 1. The highest BCUT2D eigenvalue weighted by atomic mass is 19.1. The zero-order chi connectivity index (χ0) is 25.7. The predicted octanol–water partition coefficient (Wildman–Crippen LogP) is 6.63. The van der Waals surface area contributed by atoms with Crippen molar-refractivity contribution in [2.24, 2.45) is 0 Å². The average Bonchev–Trinajstić information content (AvgIpc) is 3.11. The maximum atomic E-state index is 14.2. The van der Waals surface area contributed by atoms with Crippen molar-refractivity contribution < 1.29 is 13.9 Å². The van der Waals surface area contributed by atoms with Crippen molar-refractivity contribution in [1.29, 1.82) is 0 Å². The lowest BCUT2D eigenvalue weighted by molar-refractivity contribution is 0.0986. The second-order valence-corrected chi connectivity index (χ2v) is 10.4. The van der Waals surface area contributed by atoms with E-state index in [1.54, 1.807) is 6.07 Å². The monoisotopic (exact) mass is 493 g/mol. The third-order valence-electron chi connectivity index (χ3n) is 7.68. The van der Waals surface area contributed by atoms with Crippen LogP contribution in [-0.4, -0.2) is 53.1 Å². The van der Waals surface area contributed by atoms with Crippen molar-refractivity contribution in [1.82, 2.24) is 9.80 Å². The molecule has 6 heteroatoms. The van der Waals surface area contributed by atoms with E-state index < -0.39 is 0 Å². The summed E-state index contributed by atoms with van der Waals surface area (Å²) in [5.41, 5.74) is 1.55. The molecule has 1 spiro atoms. The van der Waals surface area contributed by atoms with Crippen molar-refractivity contribution in [3.63, 3.8) is 0 Å². The van der Waals surface area contributed by atoms with Crippen molar-refractivity contribution in [2.75, 3.05) is 24.5 Å². The third-order valence-corrected chi connectivity index (χ3v) is 7.68. The largest absolute Gasteiger partial charge is 0.491 e. The molecule has 2 heterocycles. The van der Waals surface area contributed by atoms with Gasteiger partial charge in [0.15, 0.2) is 0 Å². The molecule has 5 nitrogen and oxygen atoms in total. The summed E-state index contributed by atoms with van der Waals surface area (Å²) in [6.07, 6.45) is 6.51. The van der Waals surface area contributed by atoms with E-state index in [0.29, 0.717) is 18.8 Å². The molecule has 2 aliphatic rings. The number of unbranched alkanes of at least 4 members (excludes halogenated alkanes) is 1. The summed E-state index contributed by atoms with van der Waals surface area (Å²) in [5.74, 6) is 0.599. The summed E-state index contributed by atoms with van der Waals surface area (Å²) in [6.45, 7) is 13.3. The molecule has 36 heavy (non-hydrogen) atoms. The average molecular weight is 494 g/mol. The summed E-state index contributed by atoms with van der Waals surface area (Å²) in [5, 5.41) is 0. The number of rotatable bonds is 10.